The number of para-hydroxylation sites is 1. The Morgan fingerprint density at radius 2 is 1.75 bits per heavy atom. The fourth-order valence-corrected chi connectivity index (χ4v) is 7.21. The molecule has 2 fully saturated rings. The third-order valence-corrected chi connectivity index (χ3v) is 8.87. The van der Waals surface area contributed by atoms with Crippen LogP contribution in [0.25, 0.3) is 0 Å². The number of halogens is 1. The number of aromatic hydroxyl groups is 1. The first-order chi connectivity index (χ1) is 17.3. The first-order valence-electron chi connectivity index (χ1n) is 12.8. The highest BCUT2D eigenvalue weighted by molar-refractivity contribution is 6.24. The summed E-state index contributed by atoms with van der Waals surface area (Å²) in [7, 11) is 0. The summed E-state index contributed by atoms with van der Waals surface area (Å²) in [6, 6.07) is 4.08. The second-order valence-corrected chi connectivity index (χ2v) is 10.7. The lowest BCUT2D eigenvalue weighted by atomic mass is 9.59. The van der Waals surface area contributed by atoms with Crippen LogP contribution in [0.4, 0.5) is 4.39 Å². The molecule has 0 aromatic heterocycles. The topological polar surface area (TPSA) is 91.8 Å². The summed E-state index contributed by atoms with van der Waals surface area (Å²) in [4.78, 5) is 55.2. The number of Topliss-reactive ketones (excluding diaryl/α,β-unsaturated/α-hetero) is 1. The first-order valence-corrected chi connectivity index (χ1v) is 12.8. The molecule has 7 heteroatoms. The molecule has 1 heterocycles. The van der Waals surface area contributed by atoms with E-state index in [1.807, 2.05) is 6.08 Å². The molecule has 4 unspecified atom stereocenters. The van der Waals surface area contributed by atoms with Crippen molar-refractivity contribution >= 4 is 23.4 Å². The smallest absolute Gasteiger partial charge is 0.233 e. The van der Waals surface area contributed by atoms with E-state index in [9.17, 15) is 28.7 Å². The summed E-state index contributed by atoms with van der Waals surface area (Å²) in [5.41, 5.74) is 1.77. The maximum atomic E-state index is 14.5. The maximum absolute atomic E-state index is 14.5. The summed E-state index contributed by atoms with van der Waals surface area (Å²) in [6.07, 6.45) is 8.44. The number of ketones is 2. The molecule has 0 bridgehead atoms. The lowest BCUT2D eigenvalue weighted by Gasteiger charge is -2.42. The Morgan fingerprint density at radius 3 is 2.50 bits per heavy atom. The zero-order valence-electron chi connectivity index (χ0n) is 20.1. The van der Waals surface area contributed by atoms with Crippen LogP contribution in [0.2, 0.25) is 0 Å². The fraction of sp³-hybridized carbons (Fsp3) is 0.448. The van der Waals surface area contributed by atoms with Crippen molar-refractivity contribution in [1.82, 2.24) is 4.90 Å². The average Bonchev–Trinajstić information content (AvgIpc) is 3.13. The van der Waals surface area contributed by atoms with Crippen LogP contribution in [0.3, 0.4) is 0 Å². The summed E-state index contributed by atoms with van der Waals surface area (Å²) in [6.45, 7) is 1.57. The van der Waals surface area contributed by atoms with E-state index in [1.54, 1.807) is 13.0 Å². The zero-order valence-corrected chi connectivity index (χ0v) is 20.1. The zero-order chi connectivity index (χ0) is 25.3. The Labute approximate surface area is 208 Å². The van der Waals surface area contributed by atoms with Gasteiger partial charge in [-0.3, -0.25) is 24.1 Å². The molecule has 2 amide bonds. The van der Waals surface area contributed by atoms with E-state index in [0.29, 0.717) is 17.6 Å². The Balaban J connectivity index is 1.48. The third-order valence-electron chi connectivity index (χ3n) is 8.87. The standard InChI is InChI=1S/C29H28FNO5/c1-14-12-22(32)20-13-19-16(23(25(20)26(14)33)17-8-5-9-21(30)27(17)34)10-11-18-24(19)29(36)31(28(18)35)15-6-3-2-4-7-15/h5,8-10,12,15,18-19,23-24,34H,2-4,6-7,11,13H2,1H3. The van der Waals surface area contributed by atoms with Crippen LogP contribution in [0, 0.1) is 23.6 Å². The van der Waals surface area contributed by atoms with Crippen molar-refractivity contribution < 1.29 is 28.7 Å². The Morgan fingerprint density at radius 1 is 1.00 bits per heavy atom. The highest BCUT2D eigenvalue weighted by Gasteiger charge is 2.57. The molecule has 5 aliphatic rings. The van der Waals surface area contributed by atoms with Gasteiger partial charge in [0.2, 0.25) is 11.8 Å². The maximum Gasteiger partial charge on any atom is 0.233 e. The van der Waals surface area contributed by atoms with Crippen molar-refractivity contribution in [1.29, 1.82) is 0 Å². The monoisotopic (exact) mass is 489 g/mol. The van der Waals surface area contributed by atoms with Crippen LogP contribution in [0.15, 0.2) is 52.6 Å². The van der Waals surface area contributed by atoms with Gasteiger partial charge in [0, 0.05) is 34.2 Å². The number of carbonyl (C=O) groups excluding carboxylic acids is 4. The number of nitrogens with zero attached hydrogens (tertiary/aromatic N) is 1. The minimum atomic E-state index is -0.845. The van der Waals surface area contributed by atoms with Gasteiger partial charge in [-0.05, 0) is 50.7 Å². The second kappa shape index (κ2) is 8.36. The number of phenolic OH excluding ortho intramolecular Hbond substituents is 1. The molecular formula is C29H28FNO5. The van der Waals surface area contributed by atoms with Crippen LogP contribution in [-0.2, 0) is 19.2 Å². The molecule has 1 saturated carbocycles. The predicted molar refractivity (Wildman–Crippen MR) is 128 cm³/mol. The van der Waals surface area contributed by atoms with Gasteiger partial charge in [0.1, 0.15) is 0 Å². The molecule has 4 atom stereocenters. The summed E-state index contributed by atoms with van der Waals surface area (Å²) < 4.78 is 14.5. The van der Waals surface area contributed by atoms with Crippen LogP contribution >= 0.6 is 0 Å². The SMILES string of the molecule is CC1=CC(=O)C2=C(C1=O)C(c1cccc(F)c1O)C1=CCC3C(=O)N(C4CCCCC4)C(=O)C3C1C2. The molecule has 1 aromatic carbocycles. The molecule has 0 radical (unpaired) electrons. The Hall–Kier alpha value is -3.35. The normalized spacial score (nSPS) is 30.7. The van der Waals surface area contributed by atoms with Gasteiger partial charge < -0.3 is 5.11 Å². The number of amides is 2. The molecule has 6 nitrogen and oxygen atoms in total. The van der Waals surface area contributed by atoms with E-state index in [1.165, 1.54) is 17.0 Å². The number of likely N-dealkylation sites (tertiary alicyclic amines) is 1. The largest absolute Gasteiger partial charge is 0.505 e. The van der Waals surface area contributed by atoms with E-state index < -0.39 is 35.2 Å². The summed E-state index contributed by atoms with van der Waals surface area (Å²) in [5.74, 6) is -4.76. The minimum Gasteiger partial charge on any atom is -0.505 e. The molecule has 4 aliphatic carbocycles. The first kappa shape index (κ1) is 23.1. The third kappa shape index (κ3) is 3.21. The molecule has 1 aliphatic heterocycles. The molecule has 1 N–H and O–H groups in total. The van der Waals surface area contributed by atoms with Crippen LogP contribution in [0.5, 0.6) is 5.75 Å². The lowest BCUT2D eigenvalue weighted by molar-refractivity contribution is -0.143. The van der Waals surface area contributed by atoms with Crippen molar-refractivity contribution in [3.8, 4) is 5.75 Å². The van der Waals surface area contributed by atoms with Crippen molar-refractivity contribution in [2.75, 3.05) is 0 Å². The van der Waals surface area contributed by atoms with Crippen LogP contribution in [0.1, 0.15) is 63.4 Å². The second-order valence-electron chi connectivity index (χ2n) is 10.7. The van der Waals surface area contributed by atoms with Gasteiger partial charge in [-0.15, -0.1) is 0 Å². The van der Waals surface area contributed by atoms with E-state index in [4.69, 9.17) is 0 Å². The number of rotatable bonds is 2. The number of hydrogen-bond acceptors (Lipinski definition) is 5. The summed E-state index contributed by atoms with van der Waals surface area (Å²) in [5, 5.41) is 10.7. The van der Waals surface area contributed by atoms with E-state index >= 15 is 0 Å². The number of carbonyl (C=O) groups is 4. The van der Waals surface area contributed by atoms with Crippen molar-refractivity contribution in [2.24, 2.45) is 17.8 Å². The van der Waals surface area contributed by atoms with Gasteiger partial charge in [0.25, 0.3) is 0 Å². The number of hydrogen-bond donors (Lipinski definition) is 1. The lowest BCUT2D eigenvalue weighted by Crippen LogP contribution is -2.43. The van der Waals surface area contributed by atoms with Crippen molar-refractivity contribution in [3.05, 3.63) is 64.0 Å². The van der Waals surface area contributed by atoms with Gasteiger partial charge in [0.05, 0.1) is 11.8 Å². The summed E-state index contributed by atoms with van der Waals surface area (Å²) >= 11 is 0. The molecular weight excluding hydrogens is 461 g/mol. The van der Waals surface area contributed by atoms with E-state index in [0.717, 1.165) is 43.7 Å². The van der Waals surface area contributed by atoms with Crippen LogP contribution < -0.4 is 0 Å². The number of imide groups is 1. The quantitative estimate of drug-likeness (QED) is 0.380. The Bertz CT molecular complexity index is 1310. The number of allylic oxidation sites excluding steroid dienone is 6. The van der Waals surface area contributed by atoms with Gasteiger partial charge in [-0.25, -0.2) is 4.39 Å². The van der Waals surface area contributed by atoms with E-state index in [2.05, 4.69) is 0 Å². The van der Waals surface area contributed by atoms with Gasteiger partial charge in [-0.1, -0.05) is 43.0 Å². The van der Waals surface area contributed by atoms with Gasteiger partial charge in [0.15, 0.2) is 23.1 Å². The minimum absolute atomic E-state index is 0.0855. The number of fused-ring (bicyclic) bond motifs is 3. The number of phenols is 1. The van der Waals surface area contributed by atoms with Gasteiger partial charge >= 0.3 is 0 Å². The highest BCUT2D eigenvalue weighted by Crippen LogP contribution is 2.56. The highest BCUT2D eigenvalue weighted by atomic mass is 19.1. The molecule has 186 valence electrons. The van der Waals surface area contributed by atoms with Crippen LogP contribution in [-0.4, -0.2) is 39.4 Å². The molecule has 0 spiro atoms. The van der Waals surface area contributed by atoms with Crippen molar-refractivity contribution in [3.63, 3.8) is 0 Å². The van der Waals surface area contributed by atoms with Gasteiger partial charge in [-0.2, -0.15) is 0 Å². The van der Waals surface area contributed by atoms with E-state index in [-0.39, 0.29) is 47.0 Å². The van der Waals surface area contributed by atoms with Crippen molar-refractivity contribution in [2.45, 2.75) is 63.8 Å². The number of benzene rings is 1. The molecule has 1 saturated heterocycles. The fourth-order valence-electron chi connectivity index (χ4n) is 7.21. The predicted octanol–water partition coefficient (Wildman–Crippen LogP) is 4.29. The molecule has 1 aromatic rings. The Kier molecular flexibility index (Phi) is 5.36. The molecule has 6 rings (SSSR count). The molecule has 36 heavy (non-hydrogen) atoms. The average molecular weight is 490 g/mol.